The predicted octanol–water partition coefficient (Wildman–Crippen LogP) is 4.39. The van der Waals surface area contributed by atoms with Gasteiger partial charge < -0.3 is 5.11 Å². The number of aliphatic carboxylic acids is 1. The van der Waals surface area contributed by atoms with Crippen LogP contribution in [0.3, 0.4) is 0 Å². The van der Waals surface area contributed by atoms with E-state index in [1.165, 1.54) is 0 Å². The van der Waals surface area contributed by atoms with Crippen LogP contribution in [-0.2, 0) is 9.59 Å². The van der Waals surface area contributed by atoms with Gasteiger partial charge in [0.2, 0.25) is 0 Å². The normalized spacial score (nSPS) is 24.2. The molecule has 21 heavy (non-hydrogen) atoms. The summed E-state index contributed by atoms with van der Waals surface area (Å²) in [5.41, 5.74) is 0. The number of hydrogen-bond donors (Lipinski definition) is 1. The molecule has 0 spiro atoms. The number of allylic oxidation sites excluding steroid dienone is 4. The molecule has 1 N–H and O–H groups in total. The van der Waals surface area contributed by atoms with Crippen LogP contribution in [0.5, 0.6) is 0 Å². The van der Waals surface area contributed by atoms with Crippen molar-refractivity contribution in [1.29, 1.82) is 0 Å². The molecular formula is C18H28O3. The second kappa shape index (κ2) is 9.54. The SMILES string of the molecule is CC/C=C/CCC(C(=O)O)C1CCC(=O)C1C/C=C/CC. The minimum Gasteiger partial charge on any atom is -0.481 e. The van der Waals surface area contributed by atoms with Gasteiger partial charge >= 0.3 is 5.97 Å². The first-order chi connectivity index (χ1) is 10.1. The number of ketones is 1. The third kappa shape index (κ3) is 5.49. The molecule has 0 radical (unpaired) electrons. The molecule has 3 heteroatoms. The highest BCUT2D eigenvalue weighted by atomic mass is 16.4. The summed E-state index contributed by atoms with van der Waals surface area (Å²) in [6, 6.07) is 0. The summed E-state index contributed by atoms with van der Waals surface area (Å²) in [7, 11) is 0. The van der Waals surface area contributed by atoms with Crippen molar-refractivity contribution in [2.24, 2.45) is 17.8 Å². The number of carboxylic acids is 1. The molecule has 1 saturated carbocycles. The summed E-state index contributed by atoms with van der Waals surface area (Å²) in [6.07, 6.45) is 13.6. The average Bonchev–Trinajstić information content (AvgIpc) is 2.80. The average molecular weight is 292 g/mol. The quantitative estimate of drug-likeness (QED) is 0.641. The standard InChI is InChI=1S/C18H28O3/c1-3-5-7-9-11-16(18(20)21)14-12-13-17(19)15(14)10-8-6-4-2/h5-8,14-16H,3-4,9-13H2,1-2H3,(H,20,21)/b7-5+,8-6+. The van der Waals surface area contributed by atoms with E-state index in [2.05, 4.69) is 32.1 Å². The van der Waals surface area contributed by atoms with Crippen LogP contribution in [0.1, 0.15) is 58.8 Å². The van der Waals surface area contributed by atoms with Crippen LogP contribution in [0.2, 0.25) is 0 Å². The predicted molar refractivity (Wildman–Crippen MR) is 85.1 cm³/mol. The molecule has 1 rings (SSSR count). The molecule has 0 aromatic carbocycles. The van der Waals surface area contributed by atoms with Crippen molar-refractivity contribution in [3.8, 4) is 0 Å². The van der Waals surface area contributed by atoms with Gasteiger partial charge in [0, 0.05) is 12.3 Å². The molecule has 0 bridgehead atoms. The number of Topliss-reactive ketones (excluding diaryl/α,β-unsaturated/α-hetero) is 1. The molecule has 0 heterocycles. The van der Waals surface area contributed by atoms with Crippen molar-refractivity contribution < 1.29 is 14.7 Å². The molecule has 3 atom stereocenters. The Hall–Kier alpha value is -1.38. The van der Waals surface area contributed by atoms with Crippen molar-refractivity contribution in [2.75, 3.05) is 0 Å². The van der Waals surface area contributed by atoms with Gasteiger partial charge in [-0.1, -0.05) is 38.2 Å². The Morgan fingerprint density at radius 2 is 1.90 bits per heavy atom. The van der Waals surface area contributed by atoms with E-state index < -0.39 is 11.9 Å². The monoisotopic (exact) mass is 292 g/mol. The van der Waals surface area contributed by atoms with E-state index in [1.54, 1.807) is 0 Å². The molecule has 1 aliphatic rings. The minimum atomic E-state index is -0.746. The fourth-order valence-corrected chi connectivity index (χ4v) is 3.21. The van der Waals surface area contributed by atoms with E-state index in [9.17, 15) is 14.7 Å². The summed E-state index contributed by atoms with van der Waals surface area (Å²) in [4.78, 5) is 23.6. The second-order valence-corrected chi connectivity index (χ2v) is 5.79. The maximum atomic E-state index is 12.0. The molecule has 0 saturated heterocycles. The lowest BCUT2D eigenvalue weighted by atomic mass is 9.79. The molecule has 0 aromatic heterocycles. The van der Waals surface area contributed by atoms with Gasteiger partial charge in [-0.25, -0.2) is 0 Å². The van der Waals surface area contributed by atoms with E-state index >= 15 is 0 Å². The van der Waals surface area contributed by atoms with Gasteiger partial charge in [0.15, 0.2) is 0 Å². The molecule has 3 unspecified atom stereocenters. The van der Waals surface area contributed by atoms with E-state index in [1.807, 2.05) is 6.08 Å². The molecular weight excluding hydrogens is 264 g/mol. The minimum absolute atomic E-state index is 0.00605. The van der Waals surface area contributed by atoms with Crippen LogP contribution in [0, 0.1) is 17.8 Å². The fourth-order valence-electron chi connectivity index (χ4n) is 3.21. The highest BCUT2D eigenvalue weighted by Gasteiger charge is 2.41. The highest BCUT2D eigenvalue weighted by Crippen LogP contribution is 2.39. The van der Waals surface area contributed by atoms with Crippen LogP contribution < -0.4 is 0 Å². The lowest BCUT2D eigenvalue weighted by Gasteiger charge is -2.24. The van der Waals surface area contributed by atoms with E-state index in [4.69, 9.17) is 0 Å². The maximum Gasteiger partial charge on any atom is 0.306 e. The smallest absolute Gasteiger partial charge is 0.306 e. The first-order valence-electron chi connectivity index (χ1n) is 8.17. The Labute approximate surface area is 128 Å². The zero-order valence-electron chi connectivity index (χ0n) is 13.3. The van der Waals surface area contributed by atoms with Crippen LogP contribution in [-0.4, -0.2) is 16.9 Å². The summed E-state index contributed by atoms with van der Waals surface area (Å²) in [5.74, 6) is -0.978. The molecule has 1 fully saturated rings. The number of rotatable bonds is 9. The van der Waals surface area contributed by atoms with Gasteiger partial charge in [-0.3, -0.25) is 9.59 Å². The van der Waals surface area contributed by atoms with Crippen molar-refractivity contribution >= 4 is 11.8 Å². The summed E-state index contributed by atoms with van der Waals surface area (Å²) >= 11 is 0. The van der Waals surface area contributed by atoms with Gasteiger partial charge in [-0.2, -0.15) is 0 Å². The van der Waals surface area contributed by atoms with E-state index in [-0.39, 0.29) is 17.6 Å². The summed E-state index contributed by atoms with van der Waals surface area (Å²) < 4.78 is 0. The van der Waals surface area contributed by atoms with Gasteiger partial charge in [-0.15, -0.1) is 0 Å². The lowest BCUT2D eigenvalue weighted by molar-refractivity contribution is -0.144. The Morgan fingerprint density at radius 1 is 1.24 bits per heavy atom. The van der Waals surface area contributed by atoms with Gasteiger partial charge in [0.05, 0.1) is 5.92 Å². The van der Waals surface area contributed by atoms with E-state index in [0.29, 0.717) is 19.3 Å². The van der Waals surface area contributed by atoms with Crippen molar-refractivity contribution in [3.63, 3.8) is 0 Å². The van der Waals surface area contributed by atoms with Crippen LogP contribution in [0.15, 0.2) is 24.3 Å². The van der Waals surface area contributed by atoms with Gasteiger partial charge in [0.1, 0.15) is 5.78 Å². The zero-order chi connectivity index (χ0) is 15.7. The number of hydrogen-bond acceptors (Lipinski definition) is 2. The second-order valence-electron chi connectivity index (χ2n) is 5.79. The van der Waals surface area contributed by atoms with Crippen LogP contribution in [0.25, 0.3) is 0 Å². The first kappa shape index (κ1) is 17.7. The van der Waals surface area contributed by atoms with Crippen molar-refractivity contribution in [3.05, 3.63) is 24.3 Å². The summed E-state index contributed by atoms with van der Waals surface area (Å²) in [6.45, 7) is 4.13. The van der Waals surface area contributed by atoms with Crippen molar-refractivity contribution in [2.45, 2.75) is 58.8 Å². The third-order valence-corrected chi connectivity index (χ3v) is 4.33. The first-order valence-corrected chi connectivity index (χ1v) is 8.17. The molecule has 3 nitrogen and oxygen atoms in total. The fraction of sp³-hybridized carbons (Fsp3) is 0.667. The molecule has 0 amide bonds. The lowest BCUT2D eigenvalue weighted by Crippen LogP contribution is -2.28. The summed E-state index contributed by atoms with van der Waals surface area (Å²) in [5, 5.41) is 9.51. The largest absolute Gasteiger partial charge is 0.481 e. The molecule has 1 aliphatic carbocycles. The third-order valence-electron chi connectivity index (χ3n) is 4.33. The zero-order valence-corrected chi connectivity index (χ0v) is 13.3. The number of carboxylic acid groups (broad SMARTS) is 1. The Balaban J connectivity index is 2.70. The molecule has 118 valence electrons. The highest BCUT2D eigenvalue weighted by molar-refractivity contribution is 5.85. The van der Waals surface area contributed by atoms with Gasteiger partial charge in [0.25, 0.3) is 0 Å². The van der Waals surface area contributed by atoms with Gasteiger partial charge in [-0.05, 0) is 44.4 Å². The molecule has 0 aliphatic heterocycles. The topological polar surface area (TPSA) is 54.4 Å². The Bertz CT molecular complexity index is 395. The maximum absolute atomic E-state index is 12.0. The Morgan fingerprint density at radius 3 is 2.52 bits per heavy atom. The van der Waals surface area contributed by atoms with Crippen LogP contribution >= 0.6 is 0 Å². The number of carbonyl (C=O) groups is 2. The number of carbonyl (C=O) groups excluding carboxylic acids is 1. The van der Waals surface area contributed by atoms with Crippen molar-refractivity contribution in [1.82, 2.24) is 0 Å². The molecule has 0 aromatic rings. The van der Waals surface area contributed by atoms with E-state index in [0.717, 1.165) is 25.7 Å². The Kier molecular flexibility index (Phi) is 8.03. The van der Waals surface area contributed by atoms with Crippen LogP contribution in [0.4, 0.5) is 0 Å².